The summed E-state index contributed by atoms with van der Waals surface area (Å²) in [6.45, 7) is 4.59. The lowest BCUT2D eigenvalue weighted by Crippen LogP contribution is -2.35. The molecule has 1 fully saturated rings. The summed E-state index contributed by atoms with van der Waals surface area (Å²) in [4.78, 5) is 0. The molecule has 1 aliphatic carbocycles. The predicted molar refractivity (Wildman–Crippen MR) is 74.4 cm³/mol. The van der Waals surface area contributed by atoms with Gasteiger partial charge >= 0.3 is 0 Å². The van der Waals surface area contributed by atoms with E-state index in [1.54, 1.807) is 0 Å². The smallest absolute Gasteiger partial charge is 0.0409 e. The van der Waals surface area contributed by atoms with E-state index >= 15 is 0 Å². The number of nitrogens with one attached hydrogen (secondary N) is 1. The molecule has 2 rings (SSSR count). The van der Waals surface area contributed by atoms with E-state index in [4.69, 9.17) is 11.6 Å². The van der Waals surface area contributed by atoms with E-state index in [9.17, 15) is 0 Å². The summed E-state index contributed by atoms with van der Waals surface area (Å²) in [5, 5.41) is 4.56. The zero-order valence-electron chi connectivity index (χ0n) is 10.7. The molecule has 1 aromatic carbocycles. The highest BCUT2D eigenvalue weighted by atomic mass is 35.5. The summed E-state index contributed by atoms with van der Waals surface area (Å²) in [5.74, 6) is 0.868. The molecule has 1 saturated carbocycles. The van der Waals surface area contributed by atoms with Crippen LogP contribution in [0.2, 0.25) is 5.02 Å². The van der Waals surface area contributed by atoms with Gasteiger partial charge in [-0.05, 0) is 43.4 Å². The van der Waals surface area contributed by atoms with Crippen LogP contribution in [0.3, 0.4) is 0 Å². The Kier molecular flexibility index (Phi) is 4.47. The Morgan fingerprint density at radius 3 is 2.88 bits per heavy atom. The minimum atomic E-state index is 0.393. The topological polar surface area (TPSA) is 12.0 Å². The zero-order valence-corrected chi connectivity index (χ0v) is 11.5. The SMILES string of the molecule is CC1CCCC(N[C@H](C)c2cccc(Cl)c2)C1. The van der Waals surface area contributed by atoms with Gasteiger partial charge < -0.3 is 5.32 Å². The van der Waals surface area contributed by atoms with Gasteiger partial charge in [-0.1, -0.05) is 43.5 Å². The van der Waals surface area contributed by atoms with E-state index in [0.29, 0.717) is 12.1 Å². The van der Waals surface area contributed by atoms with Crippen molar-refractivity contribution in [3.8, 4) is 0 Å². The molecule has 0 bridgehead atoms. The third kappa shape index (κ3) is 3.72. The fourth-order valence-electron chi connectivity index (χ4n) is 2.81. The molecule has 0 radical (unpaired) electrons. The highest BCUT2D eigenvalue weighted by Gasteiger charge is 2.20. The van der Waals surface area contributed by atoms with Crippen molar-refractivity contribution in [1.29, 1.82) is 0 Å². The van der Waals surface area contributed by atoms with Crippen LogP contribution in [0.15, 0.2) is 24.3 Å². The van der Waals surface area contributed by atoms with E-state index in [1.165, 1.54) is 31.2 Å². The van der Waals surface area contributed by atoms with Crippen LogP contribution in [-0.4, -0.2) is 6.04 Å². The lowest BCUT2D eigenvalue weighted by atomic mass is 9.86. The average Bonchev–Trinajstić information content (AvgIpc) is 2.29. The first-order valence-corrected chi connectivity index (χ1v) is 7.04. The highest BCUT2D eigenvalue weighted by Crippen LogP contribution is 2.26. The van der Waals surface area contributed by atoms with Gasteiger partial charge in [-0.2, -0.15) is 0 Å². The monoisotopic (exact) mass is 251 g/mol. The van der Waals surface area contributed by atoms with Gasteiger partial charge in [-0.15, -0.1) is 0 Å². The minimum Gasteiger partial charge on any atom is -0.307 e. The van der Waals surface area contributed by atoms with Crippen molar-refractivity contribution in [3.63, 3.8) is 0 Å². The second-order valence-corrected chi connectivity index (χ2v) is 5.85. The highest BCUT2D eigenvalue weighted by molar-refractivity contribution is 6.30. The van der Waals surface area contributed by atoms with Crippen molar-refractivity contribution in [3.05, 3.63) is 34.9 Å². The molecule has 2 unspecified atom stereocenters. The third-order valence-electron chi connectivity index (χ3n) is 3.77. The molecule has 0 aliphatic heterocycles. The zero-order chi connectivity index (χ0) is 12.3. The fourth-order valence-corrected chi connectivity index (χ4v) is 3.01. The van der Waals surface area contributed by atoms with Crippen LogP contribution in [0.1, 0.15) is 51.1 Å². The largest absolute Gasteiger partial charge is 0.307 e. The van der Waals surface area contributed by atoms with Gasteiger partial charge in [-0.25, -0.2) is 0 Å². The Morgan fingerprint density at radius 1 is 1.35 bits per heavy atom. The molecule has 3 atom stereocenters. The quantitative estimate of drug-likeness (QED) is 0.830. The van der Waals surface area contributed by atoms with E-state index < -0.39 is 0 Å². The Balaban J connectivity index is 1.94. The van der Waals surface area contributed by atoms with E-state index in [0.717, 1.165) is 10.9 Å². The van der Waals surface area contributed by atoms with Gasteiger partial charge in [0.2, 0.25) is 0 Å². The molecule has 0 heterocycles. The van der Waals surface area contributed by atoms with Crippen LogP contribution in [0.5, 0.6) is 0 Å². The molecule has 1 aliphatic rings. The van der Waals surface area contributed by atoms with Gasteiger partial charge in [0.15, 0.2) is 0 Å². The minimum absolute atomic E-state index is 0.393. The van der Waals surface area contributed by atoms with Gasteiger partial charge in [-0.3, -0.25) is 0 Å². The summed E-state index contributed by atoms with van der Waals surface area (Å²) >= 11 is 6.03. The van der Waals surface area contributed by atoms with Crippen LogP contribution in [-0.2, 0) is 0 Å². The summed E-state index contributed by atoms with van der Waals surface area (Å²) in [6, 6.07) is 9.23. The number of halogens is 1. The summed E-state index contributed by atoms with van der Waals surface area (Å²) in [7, 11) is 0. The Morgan fingerprint density at radius 2 is 2.18 bits per heavy atom. The maximum Gasteiger partial charge on any atom is 0.0409 e. The number of benzene rings is 1. The van der Waals surface area contributed by atoms with Crippen LogP contribution < -0.4 is 5.32 Å². The molecule has 0 spiro atoms. The van der Waals surface area contributed by atoms with Crippen molar-refractivity contribution in [1.82, 2.24) is 5.32 Å². The van der Waals surface area contributed by atoms with E-state index in [1.807, 2.05) is 12.1 Å². The van der Waals surface area contributed by atoms with E-state index in [2.05, 4.69) is 31.3 Å². The van der Waals surface area contributed by atoms with Crippen LogP contribution in [0.4, 0.5) is 0 Å². The van der Waals surface area contributed by atoms with Crippen molar-refractivity contribution in [2.75, 3.05) is 0 Å². The molecule has 2 heteroatoms. The van der Waals surface area contributed by atoms with Gasteiger partial charge in [0.05, 0.1) is 0 Å². The first-order valence-electron chi connectivity index (χ1n) is 6.66. The fraction of sp³-hybridized carbons (Fsp3) is 0.600. The molecule has 0 aromatic heterocycles. The standard InChI is InChI=1S/C15H22ClN/c1-11-5-3-8-15(9-11)17-12(2)13-6-4-7-14(16)10-13/h4,6-7,10-12,15,17H,3,5,8-9H2,1-2H3/t11?,12-,15?/m1/s1. The van der Waals surface area contributed by atoms with Crippen molar-refractivity contribution in [2.24, 2.45) is 5.92 Å². The molecule has 1 N–H and O–H groups in total. The second-order valence-electron chi connectivity index (χ2n) is 5.41. The number of hydrogen-bond acceptors (Lipinski definition) is 1. The summed E-state index contributed by atoms with van der Waals surface area (Å²) < 4.78 is 0. The lowest BCUT2D eigenvalue weighted by molar-refractivity contribution is 0.285. The summed E-state index contributed by atoms with van der Waals surface area (Å²) in [6.07, 6.45) is 5.38. The Hall–Kier alpha value is -0.530. The first kappa shape index (κ1) is 12.9. The van der Waals surface area contributed by atoms with Crippen molar-refractivity contribution in [2.45, 2.75) is 51.6 Å². The van der Waals surface area contributed by atoms with Crippen LogP contribution in [0, 0.1) is 5.92 Å². The molecule has 0 amide bonds. The normalized spacial score (nSPS) is 26.8. The Bertz CT molecular complexity index is 364. The third-order valence-corrected chi connectivity index (χ3v) is 4.01. The first-order chi connectivity index (χ1) is 8.15. The summed E-state index contributed by atoms with van der Waals surface area (Å²) in [5.41, 5.74) is 1.29. The number of hydrogen-bond donors (Lipinski definition) is 1. The molecule has 94 valence electrons. The molecule has 17 heavy (non-hydrogen) atoms. The average molecular weight is 252 g/mol. The Labute approximate surface area is 110 Å². The van der Waals surface area contributed by atoms with Crippen LogP contribution in [0.25, 0.3) is 0 Å². The second kappa shape index (κ2) is 5.88. The molecule has 1 aromatic rings. The van der Waals surface area contributed by atoms with Gasteiger partial charge in [0.25, 0.3) is 0 Å². The molecular formula is C15H22ClN. The predicted octanol–water partition coefficient (Wildman–Crippen LogP) is 4.57. The maximum atomic E-state index is 6.03. The van der Waals surface area contributed by atoms with Crippen molar-refractivity contribution >= 4 is 11.6 Å². The maximum absolute atomic E-state index is 6.03. The van der Waals surface area contributed by atoms with Gasteiger partial charge in [0, 0.05) is 17.1 Å². The molecule has 1 nitrogen and oxygen atoms in total. The molecular weight excluding hydrogens is 230 g/mol. The molecule has 0 saturated heterocycles. The van der Waals surface area contributed by atoms with Crippen LogP contribution >= 0.6 is 11.6 Å². The van der Waals surface area contributed by atoms with E-state index in [-0.39, 0.29) is 0 Å². The van der Waals surface area contributed by atoms with Crippen molar-refractivity contribution < 1.29 is 0 Å². The lowest BCUT2D eigenvalue weighted by Gasteiger charge is -2.30. The van der Waals surface area contributed by atoms with Gasteiger partial charge in [0.1, 0.15) is 0 Å². The number of rotatable bonds is 3.